The van der Waals surface area contributed by atoms with Crippen LogP contribution in [0.25, 0.3) is 22.0 Å². The molecule has 0 radical (unpaired) electrons. The van der Waals surface area contributed by atoms with Crippen LogP contribution in [0, 0.1) is 11.6 Å². The number of H-pyrrole nitrogens is 1. The van der Waals surface area contributed by atoms with Crippen molar-refractivity contribution in [1.29, 1.82) is 0 Å². The highest BCUT2D eigenvalue weighted by atomic mass is 19.2. The van der Waals surface area contributed by atoms with E-state index in [1.807, 2.05) is 0 Å². The minimum Gasteiger partial charge on any atom is -0.461 e. The van der Waals surface area contributed by atoms with Crippen molar-refractivity contribution in [1.82, 2.24) is 4.98 Å². The summed E-state index contributed by atoms with van der Waals surface area (Å²) in [4.78, 5) is 14.7. The van der Waals surface area contributed by atoms with Gasteiger partial charge in [0.25, 0.3) is 0 Å². The molecule has 0 unspecified atom stereocenters. The number of nitrogens with one attached hydrogen (secondary N) is 1. The maximum atomic E-state index is 14.0. The third kappa shape index (κ3) is 2.35. The van der Waals surface area contributed by atoms with Gasteiger partial charge in [0.1, 0.15) is 5.69 Å². The molecule has 0 saturated carbocycles. The van der Waals surface area contributed by atoms with Crippen molar-refractivity contribution >= 4 is 16.9 Å². The molecule has 5 heteroatoms. The highest BCUT2D eigenvalue weighted by Crippen LogP contribution is 2.31. The van der Waals surface area contributed by atoms with Gasteiger partial charge in [0, 0.05) is 16.5 Å². The van der Waals surface area contributed by atoms with Crippen molar-refractivity contribution in [2.24, 2.45) is 0 Å². The Morgan fingerprint density at radius 1 is 1.14 bits per heavy atom. The summed E-state index contributed by atoms with van der Waals surface area (Å²) < 4.78 is 32.4. The number of aromatic amines is 1. The van der Waals surface area contributed by atoms with Crippen molar-refractivity contribution in [2.45, 2.75) is 6.92 Å². The summed E-state index contributed by atoms with van der Waals surface area (Å²) in [6, 6.07) is 10.8. The van der Waals surface area contributed by atoms with E-state index in [9.17, 15) is 13.6 Å². The number of rotatable bonds is 3. The second-order valence-electron chi connectivity index (χ2n) is 4.77. The van der Waals surface area contributed by atoms with Gasteiger partial charge in [-0.15, -0.1) is 0 Å². The van der Waals surface area contributed by atoms with Gasteiger partial charge in [0.2, 0.25) is 0 Å². The van der Waals surface area contributed by atoms with Crippen LogP contribution in [0.3, 0.4) is 0 Å². The molecule has 3 nitrogen and oxygen atoms in total. The molecule has 0 aliphatic carbocycles. The maximum absolute atomic E-state index is 14.0. The van der Waals surface area contributed by atoms with E-state index >= 15 is 0 Å². The topological polar surface area (TPSA) is 42.1 Å². The number of halogens is 2. The van der Waals surface area contributed by atoms with Crippen molar-refractivity contribution in [3.8, 4) is 11.1 Å². The SMILES string of the molecule is CCOC(=O)c1cc2cccc(-c3cccc(F)c3F)c2[nH]1. The zero-order chi connectivity index (χ0) is 15.7. The van der Waals surface area contributed by atoms with Crippen LogP contribution in [-0.4, -0.2) is 17.6 Å². The van der Waals surface area contributed by atoms with E-state index < -0.39 is 17.6 Å². The average molecular weight is 301 g/mol. The molecule has 0 spiro atoms. The molecule has 0 aliphatic rings. The lowest BCUT2D eigenvalue weighted by Gasteiger charge is -2.05. The molecule has 1 N–H and O–H groups in total. The van der Waals surface area contributed by atoms with Crippen molar-refractivity contribution < 1.29 is 18.3 Å². The third-order valence-electron chi connectivity index (χ3n) is 3.39. The van der Waals surface area contributed by atoms with E-state index in [0.717, 1.165) is 11.5 Å². The van der Waals surface area contributed by atoms with Crippen LogP contribution in [0.5, 0.6) is 0 Å². The number of hydrogen-bond acceptors (Lipinski definition) is 2. The van der Waals surface area contributed by atoms with Crippen LogP contribution in [0.15, 0.2) is 42.5 Å². The van der Waals surface area contributed by atoms with Crippen LogP contribution in [0.1, 0.15) is 17.4 Å². The van der Waals surface area contributed by atoms with Crippen molar-refractivity contribution in [3.63, 3.8) is 0 Å². The molecule has 22 heavy (non-hydrogen) atoms. The number of fused-ring (bicyclic) bond motifs is 1. The number of ether oxygens (including phenoxy) is 1. The summed E-state index contributed by atoms with van der Waals surface area (Å²) in [6.45, 7) is 1.98. The number of hydrogen-bond donors (Lipinski definition) is 1. The first-order chi connectivity index (χ1) is 10.6. The van der Waals surface area contributed by atoms with Gasteiger partial charge in [-0.05, 0) is 19.1 Å². The average Bonchev–Trinajstić information content (AvgIpc) is 2.94. The summed E-state index contributed by atoms with van der Waals surface area (Å²) in [5.41, 5.74) is 1.48. The van der Waals surface area contributed by atoms with E-state index in [1.54, 1.807) is 31.2 Å². The molecule has 0 fully saturated rings. The zero-order valence-electron chi connectivity index (χ0n) is 11.8. The summed E-state index contributed by atoms with van der Waals surface area (Å²) in [5, 5.41) is 0.726. The largest absolute Gasteiger partial charge is 0.461 e. The predicted octanol–water partition coefficient (Wildman–Crippen LogP) is 4.29. The van der Waals surface area contributed by atoms with Gasteiger partial charge in [0.15, 0.2) is 11.6 Å². The Morgan fingerprint density at radius 2 is 1.86 bits per heavy atom. The number of para-hydroxylation sites is 1. The van der Waals surface area contributed by atoms with Gasteiger partial charge in [0.05, 0.1) is 12.1 Å². The second kappa shape index (κ2) is 5.60. The Hall–Kier alpha value is -2.69. The van der Waals surface area contributed by atoms with Gasteiger partial charge in [-0.2, -0.15) is 0 Å². The molecule has 0 amide bonds. The highest BCUT2D eigenvalue weighted by Gasteiger charge is 2.16. The first-order valence-electron chi connectivity index (χ1n) is 6.85. The molecular weight excluding hydrogens is 288 g/mol. The number of carbonyl (C=O) groups excluding carboxylic acids is 1. The molecule has 2 aromatic carbocycles. The number of benzene rings is 2. The highest BCUT2D eigenvalue weighted by molar-refractivity contribution is 6.00. The van der Waals surface area contributed by atoms with Crippen molar-refractivity contribution in [2.75, 3.05) is 6.61 Å². The van der Waals surface area contributed by atoms with Gasteiger partial charge in [-0.25, -0.2) is 13.6 Å². The van der Waals surface area contributed by atoms with E-state index in [0.29, 0.717) is 11.1 Å². The summed E-state index contributed by atoms with van der Waals surface area (Å²) in [6.07, 6.45) is 0. The monoisotopic (exact) mass is 301 g/mol. The van der Waals surface area contributed by atoms with Gasteiger partial charge < -0.3 is 9.72 Å². The fourth-order valence-electron chi connectivity index (χ4n) is 2.41. The van der Waals surface area contributed by atoms with E-state index in [1.165, 1.54) is 12.1 Å². The standard InChI is InChI=1S/C17H13F2NO2/c1-2-22-17(21)14-9-10-5-3-7-12(16(10)20-14)11-6-4-8-13(18)15(11)19/h3-9,20H,2H2,1H3. The molecule has 0 bridgehead atoms. The van der Waals surface area contributed by atoms with E-state index in [4.69, 9.17) is 4.74 Å². The first-order valence-corrected chi connectivity index (χ1v) is 6.85. The van der Waals surface area contributed by atoms with E-state index in [-0.39, 0.29) is 17.9 Å². The lowest BCUT2D eigenvalue weighted by atomic mass is 10.0. The Bertz CT molecular complexity index is 855. The lowest BCUT2D eigenvalue weighted by molar-refractivity contribution is 0.0520. The van der Waals surface area contributed by atoms with Crippen LogP contribution < -0.4 is 0 Å². The molecule has 0 saturated heterocycles. The summed E-state index contributed by atoms with van der Waals surface area (Å²) in [7, 11) is 0. The van der Waals surface area contributed by atoms with Gasteiger partial charge >= 0.3 is 5.97 Å². The molecule has 112 valence electrons. The second-order valence-corrected chi connectivity index (χ2v) is 4.77. The molecule has 3 aromatic rings. The number of esters is 1. The van der Waals surface area contributed by atoms with E-state index in [2.05, 4.69) is 4.98 Å². The smallest absolute Gasteiger partial charge is 0.354 e. The Labute approximate surface area is 125 Å². The van der Waals surface area contributed by atoms with Crippen LogP contribution in [0.2, 0.25) is 0 Å². The third-order valence-corrected chi connectivity index (χ3v) is 3.39. The Kier molecular flexibility index (Phi) is 3.63. The minimum absolute atomic E-state index is 0.142. The van der Waals surface area contributed by atoms with Gasteiger partial charge in [-0.1, -0.05) is 30.3 Å². The lowest BCUT2D eigenvalue weighted by Crippen LogP contribution is -2.04. The predicted molar refractivity (Wildman–Crippen MR) is 79.6 cm³/mol. The van der Waals surface area contributed by atoms with Crippen LogP contribution >= 0.6 is 0 Å². The van der Waals surface area contributed by atoms with Crippen LogP contribution in [-0.2, 0) is 4.74 Å². The quantitative estimate of drug-likeness (QED) is 0.733. The molecular formula is C17H13F2NO2. The molecule has 1 aromatic heterocycles. The summed E-state index contributed by atoms with van der Waals surface area (Å²) in [5.74, 6) is -2.31. The molecule has 0 atom stereocenters. The minimum atomic E-state index is -0.915. The number of aromatic nitrogens is 1. The molecule has 0 aliphatic heterocycles. The fourth-order valence-corrected chi connectivity index (χ4v) is 2.41. The number of carbonyl (C=O) groups is 1. The van der Waals surface area contributed by atoms with Crippen molar-refractivity contribution in [3.05, 3.63) is 59.8 Å². The first kappa shape index (κ1) is 14.3. The Morgan fingerprint density at radius 3 is 2.64 bits per heavy atom. The normalized spacial score (nSPS) is 10.9. The molecule has 3 rings (SSSR count). The van der Waals surface area contributed by atoms with Crippen LogP contribution in [0.4, 0.5) is 8.78 Å². The molecule has 1 heterocycles. The Balaban J connectivity index is 2.18. The summed E-state index contributed by atoms with van der Waals surface area (Å²) >= 11 is 0. The van der Waals surface area contributed by atoms with Gasteiger partial charge in [-0.3, -0.25) is 0 Å². The zero-order valence-corrected chi connectivity index (χ0v) is 11.8. The fraction of sp³-hybridized carbons (Fsp3) is 0.118. The maximum Gasteiger partial charge on any atom is 0.354 e.